The van der Waals surface area contributed by atoms with Crippen molar-refractivity contribution in [3.8, 4) is 0 Å². The number of carbonyl (C=O) groups excluding carboxylic acids is 1. The standard InChI is InChI=1S/C20H32O3/c1-12-10-17-15-5-4-13-11-14(21)6-8-19(13,2)16(15)7-9-20(17,3)23-18(12)22/h12-17,21H,4-11H2,1-3H3/t12-,13-,14-,15+,16-,17-,19-,20-/m0/s1. The second-order valence-corrected chi connectivity index (χ2v) is 9.49. The first-order valence-corrected chi connectivity index (χ1v) is 9.74. The van der Waals surface area contributed by atoms with Crippen molar-refractivity contribution in [2.24, 2.45) is 35.0 Å². The number of carbonyl (C=O) groups is 1. The zero-order valence-corrected chi connectivity index (χ0v) is 14.9. The van der Waals surface area contributed by atoms with Gasteiger partial charge in [-0.15, -0.1) is 0 Å². The molecule has 3 aliphatic carbocycles. The number of rotatable bonds is 0. The van der Waals surface area contributed by atoms with Gasteiger partial charge in [-0.05, 0) is 81.5 Å². The fourth-order valence-electron chi connectivity index (χ4n) is 6.88. The molecule has 0 radical (unpaired) electrons. The van der Waals surface area contributed by atoms with E-state index in [1.807, 2.05) is 6.92 Å². The minimum atomic E-state index is -0.220. The van der Waals surface area contributed by atoms with Crippen LogP contribution in [0.5, 0.6) is 0 Å². The molecule has 8 atom stereocenters. The van der Waals surface area contributed by atoms with Crippen molar-refractivity contribution < 1.29 is 14.6 Å². The summed E-state index contributed by atoms with van der Waals surface area (Å²) in [6.45, 7) is 6.73. The number of hydrogen-bond donors (Lipinski definition) is 1. The molecule has 3 saturated carbocycles. The van der Waals surface area contributed by atoms with E-state index < -0.39 is 0 Å². The highest BCUT2D eigenvalue weighted by atomic mass is 16.6. The quantitative estimate of drug-likeness (QED) is 0.688. The van der Waals surface area contributed by atoms with Gasteiger partial charge in [-0.1, -0.05) is 13.8 Å². The van der Waals surface area contributed by atoms with Gasteiger partial charge in [-0.2, -0.15) is 0 Å². The molecule has 1 aliphatic heterocycles. The first-order valence-electron chi connectivity index (χ1n) is 9.74. The van der Waals surface area contributed by atoms with Crippen LogP contribution in [0.4, 0.5) is 0 Å². The fourth-order valence-corrected chi connectivity index (χ4v) is 6.88. The van der Waals surface area contributed by atoms with Gasteiger partial charge in [0.25, 0.3) is 0 Å². The van der Waals surface area contributed by atoms with E-state index in [1.165, 1.54) is 25.7 Å². The highest BCUT2D eigenvalue weighted by molar-refractivity contribution is 5.73. The summed E-state index contributed by atoms with van der Waals surface area (Å²) >= 11 is 0. The summed E-state index contributed by atoms with van der Waals surface area (Å²) in [7, 11) is 0. The summed E-state index contributed by atoms with van der Waals surface area (Å²) in [6, 6.07) is 0. The van der Waals surface area contributed by atoms with Crippen LogP contribution in [-0.4, -0.2) is 22.8 Å². The van der Waals surface area contributed by atoms with Crippen molar-refractivity contribution in [1.82, 2.24) is 0 Å². The third-order valence-electron chi connectivity index (χ3n) is 8.31. The molecule has 0 aromatic rings. The fraction of sp³-hybridized carbons (Fsp3) is 0.950. The second kappa shape index (κ2) is 5.21. The van der Waals surface area contributed by atoms with Crippen molar-refractivity contribution in [3.63, 3.8) is 0 Å². The Morgan fingerprint density at radius 1 is 1.04 bits per heavy atom. The minimum absolute atomic E-state index is 0.0166. The lowest BCUT2D eigenvalue weighted by Gasteiger charge is -2.62. The van der Waals surface area contributed by atoms with Gasteiger partial charge in [0, 0.05) is 5.92 Å². The lowest BCUT2D eigenvalue weighted by molar-refractivity contribution is -0.211. The summed E-state index contributed by atoms with van der Waals surface area (Å²) < 4.78 is 5.95. The van der Waals surface area contributed by atoms with Crippen LogP contribution in [0, 0.1) is 35.0 Å². The summed E-state index contributed by atoms with van der Waals surface area (Å²) in [5.74, 6) is 2.78. The van der Waals surface area contributed by atoms with Gasteiger partial charge in [-0.25, -0.2) is 0 Å². The monoisotopic (exact) mass is 320 g/mol. The molecule has 0 spiro atoms. The molecule has 4 aliphatic rings. The third kappa shape index (κ3) is 2.29. The van der Waals surface area contributed by atoms with Gasteiger partial charge >= 0.3 is 5.97 Å². The predicted octanol–water partition coefficient (Wildman–Crippen LogP) is 3.93. The number of esters is 1. The maximum atomic E-state index is 12.1. The second-order valence-electron chi connectivity index (χ2n) is 9.49. The summed E-state index contributed by atoms with van der Waals surface area (Å²) in [5, 5.41) is 10.1. The molecule has 130 valence electrons. The molecule has 0 amide bonds. The van der Waals surface area contributed by atoms with E-state index >= 15 is 0 Å². The Hall–Kier alpha value is -0.570. The van der Waals surface area contributed by atoms with Gasteiger partial charge in [0.1, 0.15) is 5.60 Å². The maximum absolute atomic E-state index is 12.1. The van der Waals surface area contributed by atoms with E-state index in [2.05, 4.69) is 13.8 Å². The van der Waals surface area contributed by atoms with E-state index in [0.29, 0.717) is 23.2 Å². The van der Waals surface area contributed by atoms with Crippen LogP contribution in [0.2, 0.25) is 0 Å². The normalized spacial score (nSPS) is 56.1. The van der Waals surface area contributed by atoms with Gasteiger partial charge < -0.3 is 9.84 Å². The molecule has 1 N–H and O–H groups in total. The molecule has 0 aromatic heterocycles. The smallest absolute Gasteiger partial charge is 0.309 e. The van der Waals surface area contributed by atoms with Gasteiger partial charge in [-0.3, -0.25) is 4.79 Å². The van der Waals surface area contributed by atoms with Crippen molar-refractivity contribution in [2.45, 2.75) is 83.8 Å². The molecular formula is C20H32O3. The molecule has 4 rings (SSSR count). The van der Waals surface area contributed by atoms with E-state index in [0.717, 1.165) is 31.6 Å². The molecule has 3 heteroatoms. The molecule has 0 unspecified atom stereocenters. The zero-order chi connectivity index (χ0) is 16.4. The van der Waals surface area contributed by atoms with Crippen LogP contribution in [0.15, 0.2) is 0 Å². The van der Waals surface area contributed by atoms with Crippen LogP contribution >= 0.6 is 0 Å². The highest BCUT2D eigenvalue weighted by Crippen LogP contribution is 2.63. The van der Waals surface area contributed by atoms with E-state index in [1.54, 1.807) is 0 Å². The summed E-state index contributed by atoms with van der Waals surface area (Å²) in [4.78, 5) is 12.1. The summed E-state index contributed by atoms with van der Waals surface area (Å²) in [6.07, 6.45) is 8.85. The number of aliphatic hydroxyl groups excluding tert-OH is 1. The highest BCUT2D eigenvalue weighted by Gasteiger charge is 2.59. The third-order valence-corrected chi connectivity index (χ3v) is 8.31. The van der Waals surface area contributed by atoms with Crippen molar-refractivity contribution in [1.29, 1.82) is 0 Å². The SMILES string of the molecule is C[C@H]1C[C@H]2[C@@H]3CC[C@H]4C[C@@H](O)CC[C@]4(C)[C@H]3CC[C@]2(C)OC1=O. The maximum Gasteiger partial charge on any atom is 0.309 e. The Labute approximate surface area is 140 Å². The van der Waals surface area contributed by atoms with E-state index in [9.17, 15) is 9.90 Å². The predicted molar refractivity (Wildman–Crippen MR) is 88.7 cm³/mol. The molecular weight excluding hydrogens is 288 g/mol. The van der Waals surface area contributed by atoms with Crippen LogP contribution < -0.4 is 0 Å². The molecule has 1 heterocycles. The molecule has 0 bridgehead atoms. The lowest BCUT2D eigenvalue weighted by atomic mass is 9.45. The summed E-state index contributed by atoms with van der Waals surface area (Å²) in [5.41, 5.74) is 0.177. The number of aliphatic hydroxyl groups is 1. The Morgan fingerprint density at radius 3 is 2.61 bits per heavy atom. The molecule has 1 saturated heterocycles. The van der Waals surface area contributed by atoms with Gasteiger partial charge in [0.2, 0.25) is 0 Å². The van der Waals surface area contributed by atoms with Crippen molar-refractivity contribution >= 4 is 5.97 Å². The Morgan fingerprint density at radius 2 is 1.83 bits per heavy atom. The number of hydrogen-bond acceptors (Lipinski definition) is 3. The van der Waals surface area contributed by atoms with Crippen LogP contribution in [0.25, 0.3) is 0 Å². The topological polar surface area (TPSA) is 46.5 Å². The Kier molecular flexibility index (Phi) is 3.61. The lowest BCUT2D eigenvalue weighted by Crippen LogP contribution is -2.59. The van der Waals surface area contributed by atoms with E-state index in [4.69, 9.17) is 4.74 Å². The first kappa shape index (κ1) is 15.9. The van der Waals surface area contributed by atoms with Crippen LogP contribution in [0.1, 0.15) is 72.1 Å². The minimum Gasteiger partial charge on any atom is -0.459 e. The molecule has 0 aromatic carbocycles. The Bertz CT molecular complexity index is 503. The Balaban J connectivity index is 1.62. The van der Waals surface area contributed by atoms with E-state index in [-0.39, 0.29) is 23.6 Å². The van der Waals surface area contributed by atoms with Crippen molar-refractivity contribution in [3.05, 3.63) is 0 Å². The molecule has 23 heavy (non-hydrogen) atoms. The number of fused-ring (bicyclic) bond motifs is 5. The van der Waals surface area contributed by atoms with Crippen molar-refractivity contribution in [2.75, 3.05) is 0 Å². The zero-order valence-electron chi connectivity index (χ0n) is 14.9. The van der Waals surface area contributed by atoms with Crippen LogP contribution in [0.3, 0.4) is 0 Å². The van der Waals surface area contributed by atoms with Crippen LogP contribution in [-0.2, 0) is 9.53 Å². The average molecular weight is 320 g/mol. The number of ether oxygens (including phenoxy) is 1. The van der Waals surface area contributed by atoms with Gasteiger partial charge in [0.15, 0.2) is 0 Å². The first-order chi connectivity index (χ1) is 10.8. The molecule has 4 fully saturated rings. The largest absolute Gasteiger partial charge is 0.459 e. The average Bonchev–Trinajstić information content (AvgIpc) is 2.49. The van der Waals surface area contributed by atoms with Gasteiger partial charge in [0.05, 0.1) is 12.0 Å². The molecule has 3 nitrogen and oxygen atoms in total.